The molecule has 3 heteroatoms. The molecule has 58 valence electrons. The van der Waals surface area contributed by atoms with E-state index in [1.54, 1.807) is 11.8 Å². The Kier molecular flexibility index (Phi) is 2.24. The van der Waals surface area contributed by atoms with Crippen molar-refractivity contribution in [3.8, 4) is 0 Å². The molecule has 0 bridgehead atoms. The van der Waals surface area contributed by atoms with Crippen molar-refractivity contribution < 1.29 is 9.90 Å². The van der Waals surface area contributed by atoms with Crippen molar-refractivity contribution in [1.29, 1.82) is 0 Å². The molecule has 0 atom stereocenters. The molecule has 0 aromatic rings. The van der Waals surface area contributed by atoms with Crippen molar-refractivity contribution in [3.05, 3.63) is 0 Å². The van der Waals surface area contributed by atoms with Crippen LogP contribution in [0, 0.1) is 5.41 Å². The van der Waals surface area contributed by atoms with Crippen LogP contribution in [0.3, 0.4) is 0 Å². The highest BCUT2D eigenvalue weighted by atomic mass is 32.2. The van der Waals surface area contributed by atoms with Crippen LogP contribution in [0.15, 0.2) is 0 Å². The molecule has 2 nitrogen and oxygen atoms in total. The van der Waals surface area contributed by atoms with E-state index in [9.17, 15) is 4.79 Å². The Morgan fingerprint density at radius 2 is 2.30 bits per heavy atom. The molecule has 0 aromatic carbocycles. The third-order valence-corrected chi connectivity index (χ3v) is 3.05. The van der Waals surface area contributed by atoms with Crippen molar-refractivity contribution in [2.24, 2.45) is 5.41 Å². The number of carboxylic acid groups (broad SMARTS) is 1. The molecule has 0 aromatic heterocycles. The van der Waals surface area contributed by atoms with Gasteiger partial charge in [-0.15, -0.1) is 0 Å². The van der Waals surface area contributed by atoms with Crippen LogP contribution >= 0.6 is 11.8 Å². The van der Waals surface area contributed by atoms with Crippen molar-refractivity contribution >= 4 is 17.7 Å². The Morgan fingerprint density at radius 1 is 1.70 bits per heavy atom. The van der Waals surface area contributed by atoms with Gasteiger partial charge < -0.3 is 5.11 Å². The van der Waals surface area contributed by atoms with Gasteiger partial charge in [-0.1, -0.05) is 6.92 Å². The van der Waals surface area contributed by atoms with Gasteiger partial charge in [0.05, 0.1) is 5.41 Å². The van der Waals surface area contributed by atoms with Crippen molar-refractivity contribution in [2.45, 2.75) is 19.8 Å². The third kappa shape index (κ3) is 1.45. The largest absolute Gasteiger partial charge is 0.481 e. The van der Waals surface area contributed by atoms with Crippen LogP contribution in [0.25, 0.3) is 0 Å². The Balaban J connectivity index is 2.31. The van der Waals surface area contributed by atoms with Gasteiger partial charge in [0, 0.05) is 5.75 Å². The fourth-order valence-electron chi connectivity index (χ4n) is 0.868. The molecule has 0 spiro atoms. The molecule has 1 fully saturated rings. The van der Waals surface area contributed by atoms with Crippen LogP contribution in [0.4, 0.5) is 0 Å². The lowest BCUT2D eigenvalue weighted by Gasteiger charge is -2.06. The summed E-state index contributed by atoms with van der Waals surface area (Å²) in [5.74, 6) is 1.22. The van der Waals surface area contributed by atoms with Gasteiger partial charge in [0.1, 0.15) is 0 Å². The maximum Gasteiger partial charge on any atom is 0.310 e. The normalized spacial score (nSPS) is 20.5. The molecule has 1 N–H and O–H groups in total. The fraction of sp³-hybridized carbons (Fsp3) is 0.857. The average Bonchev–Trinajstić information content (AvgIpc) is 2.64. The van der Waals surface area contributed by atoms with Crippen LogP contribution < -0.4 is 0 Å². The van der Waals surface area contributed by atoms with E-state index in [4.69, 9.17) is 5.11 Å². The van der Waals surface area contributed by atoms with Crippen molar-refractivity contribution in [3.63, 3.8) is 0 Å². The minimum Gasteiger partial charge on any atom is -0.481 e. The summed E-state index contributed by atoms with van der Waals surface area (Å²) in [6.07, 6.45) is 1.77. The summed E-state index contributed by atoms with van der Waals surface area (Å²) in [6, 6.07) is 0. The molecule has 1 rings (SSSR count). The quantitative estimate of drug-likeness (QED) is 0.678. The first kappa shape index (κ1) is 7.92. The fourth-order valence-corrected chi connectivity index (χ4v) is 1.88. The summed E-state index contributed by atoms with van der Waals surface area (Å²) in [7, 11) is 0. The van der Waals surface area contributed by atoms with Gasteiger partial charge in [0.2, 0.25) is 0 Å². The zero-order valence-electron chi connectivity index (χ0n) is 6.09. The number of thioether (sulfide) groups is 1. The molecular weight excluding hydrogens is 148 g/mol. The standard InChI is InChI=1S/C7H12O2S/c1-2-10-5-7(3-4-7)6(8)9/h2-5H2,1H3,(H,8,9). The first-order valence-electron chi connectivity index (χ1n) is 3.52. The molecule has 0 radical (unpaired) electrons. The highest BCUT2D eigenvalue weighted by Gasteiger charge is 2.49. The number of carboxylic acids is 1. The third-order valence-electron chi connectivity index (χ3n) is 1.89. The van der Waals surface area contributed by atoms with E-state index in [0.29, 0.717) is 0 Å². The smallest absolute Gasteiger partial charge is 0.310 e. The molecule has 0 unspecified atom stereocenters. The number of hydrogen-bond acceptors (Lipinski definition) is 2. The minimum atomic E-state index is -0.603. The summed E-state index contributed by atoms with van der Waals surface area (Å²) in [4.78, 5) is 10.6. The summed E-state index contributed by atoms with van der Waals surface area (Å²) < 4.78 is 0. The van der Waals surface area contributed by atoms with Crippen LogP contribution in [0.5, 0.6) is 0 Å². The maximum atomic E-state index is 10.6. The Labute approximate surface area is 65.0 Å². The second-order valence-electron chi connectivity index (χ2n) is 2.72. The van der Waals surface area contributed by atoms with E-state index in [-0.39, 0.29) is 5.41 Å². The van der Waals surface area contributed by atoms with Crippen LogP contribution in [-0.2, 0) is 4.79 Å². The number of aliphatic carboxylic acids is 1. The zero-order valence-corrected chi connectivity index (χ0v) is 6.91. The van der Waals surface area contributed by atoms with Gasteiger partial charge in [-0.25, -0.2) is 0 Å². The van der Waals surface area contributed by atoms with Crippen molar-refractivity contribution in [2.75, 3.05) is 11.5 Å². The van der Waals surface area contributed by atoms with E-state index < -0.39 is 5.97 Å². The molecule has 1 saturated carbocycles. The minimum absolute atomic E-state index is 0.319. The van der Waals surface area contributed by atoms with Gasteiger partial charge in [-0.3, -0.25) is 4.79 Å². The number of carbonyl (C=O) groups is 1. The average molecular weight is 160 g/mol. The van der Waals surface area contributed by atoms with Crippen molar-refractivity contribution in [1.82, 2.24) is 0 Å². The molecular formula is C7H12O2S. The second kappa shape index (κ2) is 2.82. The molecule has 1 aliphatic rings. The lowest BCUT2D eigenvalue weighted by molar-refractivity contribution is -0.142. The zero-order chi connectivity index (χ0) is 7.61. The second-order valence-corrected chi connectivity index (χ2v) is 4.00. The van der Waals surface area contributed by atoms with Crippen LogP contribution in [-0.4, -0.2) is 22.6 Å². The van der Waals surface area contributed by atoms with Gasteiger partial charge in [-0.2, -0.15) is 11.8 Å². The molecule has 0 aliphatic heterocycles. The van der Waals surface area contributed by atoms with Gasteiger partial charge in [0.15, 0.2) is 0 Å². The molecule has 1 aliphatic carbocycles. The predicted octanol–water partition coefficient (Wildman–Crippen LogP) is 1.60. The van der Waals surface area contributed by atoms with E-state index in [0.717, 1.165) is 24.3 Å². The van der Waals surface area contributed by atoms with Crippen LogP contribution in [0.1, 0.15) is 19.8 Å². The monoisotopic (exact) mass is 160 g/mol. The summed E-state index contributed by atoms with van der Waals surface area (Å²) in [6.45, 7) is 2.06. The first-order valence-corrected chi connectivity index (χ1v) is 4.68. The highest BCUT2D eigenvalue weighted by molar-refractivity contribution is 7.99. The number of hydrogen-bond donors (Lipinski definition) is 1. The molecule has 10 heavy (non-hydrogen) atoms. The van der Waals surface area contributed by atoms with E-state index in [2.05, 4.69) is 6.92 Å². The molecule has 0 amide bonds. The summed E-state index contributed by atoms with van der Waals surface area (Å²) in [5.41, 5.74) is -0.319. The Bertz CT molecular complexity index is 141. The van der Waals surface area contributed by atoms with Gasteiger partial charge in [0.25, 0.3) is 0 Å². The first-order chi connectivity index (χ1) is 4.71. The lowest BCUT2D eigenvalue weighted by Crippen LogP contribution is -2.17. The molecule has 0 heterocycles. The van der Waals surface area contributed by atoms with E-state index in [1.807, 2.05) is 0 Å². The SMILES string of the molecule is CCSCC1(C(=O)O)CC1. The van der Waals surface area contributed by atoms with Gasteiger partial charge in [-0.05, 0) is 18.6 Å². The Morgan fingerprint density at radius 3 is 2.60 bits per heavy atom. The summed E-state index contributed by atoms with van der Waals surface area (Å²) in [5, 5.41) is 8.72. The maximum absolute atomic E-state index is 10.6. The van der Waals surface area contributed by atoms with Crippen LogP contribution in [0.2, 0.25) is 0 Å². The van der Waals surface area contributed by atoms with E-state index >= 15 is 0 Å². The van der Waals surface area contributed by atoms with Gasteiger partial charge >= 0.3 is 5.97 Å². The molecule has 0 saturated heterocycles. The predicted molar refractivity (Wildman–Crippen MR) is 42.3 cm³/mol. The highest BCUT2D eigenvalue weighted by Crippen LogP contribution is 2.48. The number of rotatable bonds is 4. The topological polar surface area (TPSA) is 37.3 Å². The summed E-state index contributed by atoms with van der Waals surface area (Å²) >= 11 is 1.73. The van der Waals surface area contributed by atoms with E-state index in [1.165, 1.54) is 0 Å². The Hall–Kier alpha value is -0.180. The lowest BCUT2D eigenvalue weighted by atomic mass is 10.1.